The number of hydrogen-bond donors (Lipinski definition) is 1. The van der Waals surface area contributed by atoms with Gasteiger partial charge in [0.15, 0.2) is 11.7 Å². The van der Waals surface area contributed by atoms with E-state index < -0.39 is 29.9 Å². The zero-order valence-electron chi connectivity index (χ0n) is 21.6. The number of rotatable bonds is 5. The minimum atomic E-state index is -4.58. The maximum atomic E-state index is 12.8. The first-order chi connectivity index (χ1) is 17.3. The molecule has 3 saturated heterocycles. The lowest BCUT2D eigenvalue weighted by atomic mass is 9.84. The number of benzene rings is 1. The Labute approximate surface area is 215 Å². The fraction of sp³-hybridized carbons (Fsp3) is 0.692. The van der Waals surface area contributed by atoms with E-state index in [1.807, 2.05) is 6.92 Å². The number of anilines is 1. The van der Waals surface area contributed by atoms with E-state index in [4.69, 9.17) is 4.74 Å². The van der Waals surface area contributed by atoms with Gasteiger partial charge in [-0.2, -0.15) is 13.2 Å². The van der Waals surface area contributed by atoms with Gasteiger partial charge in [0.1, 0.15) is 0 Å². The van der Waals surface area contributed by atoms with Crippen molar-refractivity contribution in [2.75, 3.05) is 44.2 Å². The number of likely N-dealkylation sites (tertiary alicyclic amines) is 2. The van der Waals surface area contributed by atoms with E-state index in [0.717, 1.165) is 43.1 Å². The van der Waals surface area contributed by atoms with Gasteiger partial charge in [0.2, 0.25) is 0 Å². The van der Waals surface area contributed by atoms with Crippen LogP contribution in [-0.4, -0.2) is 89.7 Å². The smallest absolute Gasteiger partial charge is 0.425 e. The molecule has 37 heavy (non-hydrogen) atoms. The summed E-state index contributed by atoms with van der Waals surface area (Å²) in [6.45, 7) is 7.87. The third-order valence-electron chi connectivity index (χ3n) is 8.10. The lowest BCUT2D eigenvalue weighted by Gasteiger charge is -2.45. The minimum absolute atomic E-state index is 0.130. The van der Waals surface area contributed by atoms with Crippen LogP contribution in [0.15, 0.2) is 18.2 Å². The molecule has 11 heteroatoms. The maximum Gasteiger partial charge on any atom is 0.425 e. The van der Waals surface area contributed by atoms with Crippen LogP contribution in [-0.2, 0) is 20.8 Å². The number of ether oxygens (including phenoxy) is 2. The number of amides is 1. The van der Waals surface area contributed by atoms with Crippen molar-refractivity contribution in [3.05, 3.63) is 29.3 Å². The topological polar surface area (TPSA) is 82.5 Å². The molecule has 2 atom stereocenters. The molecule has 0 aliphatic carbocycles. The van der Waals surface area contributed by atoms with Gasteiger partial charge in [-0.25, -0.2) is 9.59 Å². The average molecular weight is 528 g/mol. The van der Waals surface area contributed by atoms with Gasteiger partial charge in [0, 0.05) is 37.4 Å². The first-order valence-electron chi connectivity index (χ1n) is 12.8. The molecule has 1 aromatic carbocycles. The molecule has 1 N–H and O–H groups in total. The summed E-state index contributed by atoms with van der Waals surface area (Å²) in [5, 5.41) is 9.68. The average Bonchev–Trinajstić information content (AvgIpc) is 3.21. The highest BCUT2D eigenvalue weighted by molar-refractivity contribution is 5.78. The van der Waals surface area contributed by atoms with Gasteiger partial charge < -0.3 is 24.4 Å². The lowest BCUT2D eigenvalue weighted by Crippen LogP contribution is -2.55. The van der Waals surface area contributed by atoms with Crippen molar-refractivity contribution in [3.8, 4) is 0 Å². The molecule has 2 unspecified atom stereocenters. The number of carboxylic acid groups (broad SMARTS) is 1. The van der Waals surface area contributed by atoms with Gasteiger partial charge in [-0.15, -0.1) is 0 Å². The molecule has 206 valence electrons. The highest BCUT2D eigenvalue weighted by Gasteiger charge is 2.46. The number of alkyl halides is 3. The van der Waals surface area contributed by atoms with Crippen molar-refractivity contribution in [2.24, 2.45) is 0 Å². The molecule has 3 aliphatic heterocycles. The minimum Gasteiger partial charge on any atom is -0.479 e. The normalized spacial score (nSPS) is 25.4. The Balaban J connectivity index is 1.46. The Morgan fingerprint density at radius 3 is 2.51 bits per heavy atom. The molecule has 3 heterocycles. The molecule has 0 bridgehead atoms. The fourth-order valence-electron chi connectivity index (χ4n) is 5.72. The molecule has 0 saturated carbocycles. The predicted molar refractivity (Wildman–Crippen MR) is 131 cm³/mol. The van der Waals surface area contributed by atoms with E-state index in [0.29, 0.717) is 45.6 Å². The second kappa shape index (κ2) is 10.3. The van der Waals surface area contributed by atoms with Crippen LogP contribution in [0.4, 0.5) is 23.7 Å². The molecular formula is C26H36F3N3O5. The van der Waals surface area contributed by atoms with E-state index >= 15 is 0 Å². The number of aryl methyl sites for hydroxylation is 1. The monoisotopic (exact) mass is 527 g/mol. The van der Waals surface area contributed by atoms with Crippen molar-refractivity contribution in [3.63, 3.8) is 0 Å². The summed E-state index contributed by atoms with van der Waals surface area (Å²) < 4.78 is 48.7. The van der Waals surface area contributed by atoms with Crippen LogP contribution >= 0.6 is 0 Å². The van der Waals surface area contributed by atoms with Crippen LogP contribution in [0.1, 0.15) is 50.7 Å². The number of carboxylic acids is 1. The summed E-state index contributed by atoms with van der Waals surface area (Å²) in [5.74, 6) is -0.986. The van der Waals surface area contributed by atoms with Gasteiger partial charge in [0.25, 0.3) is 0 Å². The molecule has 8 nitrogen and oxygen atoms in total. The highest BCUT2D eigenvalue weighted by Crippen LogP contribution is 2.41. The van der Waals surface area contributed by atoms with E-state index in [2.05, 4.69) is 32.7 Å². The van der Waals surface area contributed by atoms with Gasteiger partial charge in [-0.1, -0.05) is 12.1 Å². The molecule has 3 fully saturated rings. The zero-order chi connectivity index (χ0) is 27.0. The number of nitrogens with zero attached hydrogens (tertiary/aromatic N) is 3. The standard InChI is InChI=1S/C26H36F3N3O5/c1-18-5-6-20(21(15-18)31-13-14-36-24(3,17-31)22(33)34)16-32-10-4-7-25(32)8-11-30(12-9-25)23(35)37-19(2)26(27,28)29/h5-6,15,19H,4,7-14,16-17H2,1-3H3,(H,33,34). The molecule has 1 aromatic rings. The molecule has 0 aromatic heterocycles. The number of aliphatic carboxylic acids is 1. The zero-order valence-corrected chi connectivity index (χ0v) is 21.6. The Bertz CT molecular complexity index is 1010. The van der Waals surface area contributed by atoms with Crippen molar-refractivity contribution in [2.45, 2.75) is 76.4 Å². The molecule has 1 amide bonds. The van der Waals surface area contributed by atoms with Crippen LogP contribution in [0.25, 0.3) is 0 Å². The van der Waals surface area contributed by atoms with Crippen LogP contribution in [0.2, 0.25) is 0 Å². The Morgan fingerprint density at radius 2 is 1.86 bits per heavy atom. The van der Waals surface area contributed by atoms with Crippen molar-refractivity contribution < 1.29 is 37.3 Å². The van der Waals surface area contributed by atoms with Crippen LogP contribution < -0.4 is 4.90 Å². The predicted octanol–water partition coefficient (Wildman–Crippen LogP) is 4.19. The van der Waals surface area contributed by atoms with Gasteiger partial charge in [0.05, 0.1) is 13.2 Å². The summed E-state index contributed by atoms with van der Waals surface area (Å²) in [7, 11) is 0. The summed E-state index contributed by atoms with van der Waals surface area (Å²) in [5.41, 5.74) is 1.77. The molecular weight excluding hydrogens is 491 g/mol. The molecule has 1 spiro atoms. The first kappa shape index (κ1) is 27.5. The second-order valence-corrected chi connectivity index (χ2v) is 10.7. The van der Waals surface area contributed by atoms with E-state index in [9.17, 15) is 27.9 Å². The van der Waals surface area contributed by atoms with Gasteiger partial charge >= 0.3 is 18.2 Å². The van der Waals surface area contributed by atoms with Crippen LogP contribution in [0.5, 0.6) is 0 Å². The van der Waals surface area contributed by atoms with Crippen molar-refractivity contribution >= 4 is 17.7 Å². The highest BCUT2D eigenvalue weighted by atomic mass is 19.4. The number of morpholine rings is 1. The van der Waals surface area contributed by atoms with Crippen LogP contribution in [0.3, 0.4) is 0 Å². The third kappa shape index (κ3) is 5.82. The van der Waals surface area contributed by atoms with Crippen molar-refractivity contribution in [1.29, 1.82) is 0 Å². The Morgan fingerprint density at radius 1 is 1.16 bits per heavy atom. The fourth-order valence-corrected chi connectivity index (χ4v) is 5.72. The second-order valence-electron chi connectivity index (χ2n) is 10.7. The molecule has 0 radical (unpaired) electrons. The lowest BCUT2D eigenvalue weighted by molar-refractivity contribution is -0.200. The quantitative estimate of drug-likeness (QED) is 0.615. The molecule has 4 rings (SSSR count). The number of piperidine rings is 1. The van der Waals surface area contributed by atoms with Crippen molar-refractivity contribution in [1.82, 2.24) is 9.80 Å². The van der Waals surface area contributed by atoms with E-state index in [1.54, 1.807) is 6.92 Å². The van der Waals surface area contributed by atoms with Gasteiger partial charge in [-0.05, 0) is 70.2 Å². The molecule has 3 aliphatic rings. The first-order valence-corrected chi connectivity index (χ1v) is 12.8. The Hall–Kier alpha value is -2.53. The summed E-state index contributed by atoms with van der Waals surface area (Å²) in [6.07, 6.45) is -4.34. The SMILES string of the molecule is Cc1ccc(CN2CCCC23CCN(C(=O)OC(C)C(F)(F)F)CC3)c(N2CCOC(C)(C(=O)O)C2)c1. The van der Waals surface area contributed by atoms with E-state index in [1.165, 1.54) is 4.90 Å². The number of halogens is 3. The summed E-state index contributed by atoms with van der Waals surface area (Å²) in [4.78, 5) is 30.0. The number of hydrogen-bond acceptors (Lipinski definition) is 6. The summed E-state index contributed by atoms with van der Waals surface area (Å²) in [6, 6.07) is 6.24. The third-order valence-corrected chi connectivity index (χ3v) is 8.10. The van der Waals surface area contributed by atoms with E-state index in [-0.39, 0.29) is 12.1 Å². The van der Waals surface area contributed by atoms with Gasteiger partial charge in [-0.3, -0.25) is 4.90 Å². The van der Waals surface area contributed by atoms with Crippen LogP contribution in [0, 0.1) is 6.92 Å². The Kier molecular flexibility index (Phi) is 7.67. The largest absolute Gasteiger partial charge is 0.479 e. The summed E-state index contributed by atoms with van der Waals surface area (Å²) >= 11 is 0. The number of carbonyl (C=O) groups excluding carboxylic acids is 1. The maximum absolute atomic E-state index is 12.8. The number of carbonyl (C=O) groups is 2.